The molecule has 0 radical (unpaired) electrons. The predicted molar refractivity (Wildman–Crippen MR) is 75.3 cm³/mol. The van der Waals surface area contributed by atoms with E-state index in [0.29, 0.717) is 0 Å². The van der Waals surface area contributed by atoms with Gasteiger partial charge in [-0.2, -0.15) is 0 Å². The van der Waals surface area contributed by atoms with Gasteiger partial charge in [-0.3, -0.25) is 0 Å². The van der Waals surface area contributed by atoms with E-state index >= 15 is 0 Å². The van der Waals surface area contributed by atoms with Crippen LogP contribution >= 0.6 is 34.5 Å². The normalized spacial score (nSPS) is 12.7. The van der Waals surface area contributed by atoms with Crippen molar-refractivity contribution in [1.82, 2.24) is 4.98 Å². The lowest BCUT2D eigenvalue weighted by atomic mass is 10.1. The number of benzene rings is 1. The van der Waals surface area contributed by atoms with Crippen LogP contribution in [0.1, 0.15) is 26.5 Å². The van der Waals surface area contributed by atoms with Crippen LogP contribution < -0.4 is 0 Å². The minimum Gasteiger partial charge on any atom is -0.247 e. The summed E-state index contributed by atoms with van der Waals surface area (Å²) >= 11 is 14.2. The van der Waals surface area contributed by atoms with E-state index in [1.54, 1.807) is 11.3 Å². The van der Waals surface area contributed by atoms with Crippen molar-refractivity contribution in [2.45, 2.75) is 25.6 Å². The number of hydrogen-bond donors (Lipinski definition) is 0. The fraction of sp³-hybridized carbons (Fsp3) is 0.308. The summed E-state index contributed by atoms with van der Waals surface area (Å²) in [6.07, 6.45) is 0.740. The molecule has 90 valence electrons. The summed E-state index contributed by atoms with van der Waals surface area (Å²) in [5, 5.41) is 1.78. The van der Waals surface area contributed by atoms with Crippen LogP contribution in [0.5, 0.6) is 0 Å². The van der Waals surface area contributed by atoms with E-state index in [9.17, 15) is 0 Å². The molecule has 1 aromatic heterocycles. The van der Waals surface area contributed by atoms with E-state index in [-0.39, 0.29) is 5.38 Å². The van der Waals surface area contributed by atoms with Gasteiger partial charge in [-0.05, 0) is 31.9 Å². The van der Waals surface area contributed by atoms with Gasteiger partial charge in [-0.25, -0.2) is 4.98 Å². The summed E-state index contributed by atoms with van der Waals surface area (Å²) < 4.78 is 0. The summed E-state index contributed by atoms with van der Waals surface area (Å²) in [4.78, 5) is 5.54. The molecule has 1 aromatic carbocycles. The van der Waals surface area contributed by atoms with E-state index < -0.39 is 0 Å². The molecular weight excluding hydrogens is 273 g/mol. The molecule has 1 heterocycles. The van der Waals surface area contributed by atoms with Crippen LogP contribution in [0.15, 0.2) is 24.3 Å². The summed E-state index contributed by atoms with van der Waals surface area (Å²) in [5.41, 5.74) is 2.11. The molecule has 0 spiro atoms. The number of hydrogen-bond acceptors (Lipinski definition) is 2. The molecule has 0 saturated carbocycles. The van der Waals surface area contributed by atoms with Crippen molar-refractivity contribution < 1.29 is 0 Å². The van der Waals surface area contributed by atoms with Gasteiger partial charge in [0.25, 0.3) is 0 Å². The molecule has 2 rings (SSSR count). The number of rotatable bonds is 3. The molecule has 1 atom stereocenters. The van der Waals surface area contributed by atoms with Crippen LogP contribution in [0, 0.1) is 13.8 Å². The largest absolute Gasteiger partial charge is 0.247 e. The van der Waals surface area contributed by atoms with Crippen LogP contribution in [-0.2, 0) is 6.42 Å². The fourth-order valence-electron chi connectivity index (χ4n) is 1.79. The standard InChI is InChI=1S/C13H13Cl2NS/c1-8-13(17-9(2)16-8)12(15)7-10-5-3-4-6-11(10)14/h3-6,12H,7H2,1-2H3. The number of thiazole rings is 1. The quantitative estimate of drug-likeness (QED) is 0.728. The first kappa shape index (κ1) is 12.9. The van der Waals surface area contributed by atoms with Gasteiger partial charge in [0.2, 0.25) is 0 Å². The molecule has 2 aromatic rings. The van der Waals surface area contributed by atoms with Crippen molar-refractivity contribution in [2.24, 2.45) is 0 Å². The Balaban J connectivity index is 2.20. The van der Waals surface area contributed by atoms with Gasteiger partial charge >= 0.3 is 0 Å². The Labute approximate surface area is 115 Å². The summed E-state index contributed by atoms with van der Waals surface area (Å²) in [6.45, 7) is 4.00. The molecule has 1 nitrogen and oxygen atoms in total. The van der Waals surface area contributed by atoms with E-state index in [0.717, 1.165) is 32.6 Å². The zero-order valence-corrected chi connectivity index (χ0v) is 12.0. The summed E-state index contributed by atoms with van der Waals surface area (Å²) in [7, 11) is 0. The van der Waals surface area contributed by atoms with Crippen LogP contribution in [0.4, 0.5) is 0 Å². The van der Waals surface area contributed by atoms with Gasteiger partial charge in [-0.15, -0.1) is 22.9 Å². The SMILES string of the molecule is Cc1nc(C)c(C(Cl)Cc2ccccc2Cl)s1. The second-order valence-corrected chi connectivity index (χ2v) is 6.11. The highest BCUT2D eigenvalue weighted by Crippen LogP contribution is 2.33. The summed E-state index contributed by atoms with van der Waals surface area (Å²) in [6, 6.07) is 7.82. The van der Waals surface area contributed by atoms with Gasteiger partial charge in [0.05, 0.1) is 16.1 Å². The Morgan fingerprint density at radius 2 is 2.00 bits per heavy atom. The number of aryl methyl sites for hydroxylation is 2. The molecule has 0 saturated heterocycles. The number of nitrogens with zero attached hydrogens (tertiary/aromatic N) is 1. The van der Waals surface area contributed by atoms with Crippen molar-refractivity contribution in [2.75, 3.05) is 0 Å². The van der Waals surface area contributed by atoms with Gasteiger partial charge in [0, 0.05) is 9.90 Å². The monoisotopic (exact) mass is 285 g/mol. The van der Waals surface area contributed by atoms with E-state index in [1.807, 2.05) is 38.1 Å². The van der Waals surface area contributed by atoms with Crippen molar-refractivity contribution in [3.05, 3.63) is 50.4 Å². The van der Waals surface area contributed by atoms with Crippen LogP contribution in [-0.4, -0.2) is 4.98 Å². The molecule has 0 aliphatic rings. The van der Waals surface area contributed by atoms with Crippen LogP contribution in [0.25, 0.3) is 0 Å². The average Bonchev–Trinajstić information content (AvgIpc) is 2.61. The molecule has 1 unspecified atom stereocenters. The van der Waals surface area contributed by atoms with Crippen molar-refractivity contribution in [3.8, 4) is 0 Å². The van der Waals surface area contributed by atoms with Crippen molar-refractivity contribution in [3.63, 3.8) is 0 Å². The second-order valence-electron chi connectivity index (χ2n) is 3.95. The predicted octanol–water partition coefficient (Wildman–Crippen LogP) is 4.94. The van der Waals surface area contributed by atoms with Crippen LogP contribution in [0.2, 0.25) is 5.02 Å². The third-order valence-electron chi connectivity index (χ3n) is 2.58. The molecular formula is C13H13Cl2NS. The Morgan fingerprint density at radius 3 is 2.59 bits per heavy atom. The minimum absolute atomic E-state index is 0.0545. The molecule has 17 heavy (non-hydrogen) atoms. The minimum atomic E-state index is -0.0545. The van der Waals surface area contributed by atoms with E-state index in [4.69, 9.17) is 23.2 Å². The lowest BCUT2D eigenvalue weighted by molar-refractivity contribution is 0.923. The Hall–Kier alpha value is -0.570. The third kappa shape index (κ3) is 3.01. The summed E-state index contributed by atoms with van der Waals surface area (Å²) in [5.74, 6) is 0. The van der Waals surface area contributed by atoms with Gasteiger partial charge in [-0.1, -0.05) is 29.8 Å². The Bertz CT molecular complexity index is 522. The number of halogens is 2. The molecule has 0 bridgehead atoms. The maximum atomic E-state index is 6.44. The molecule has 0 N–H and O–H groups in total. The smallest absolute Gasteiger partial charge is 0.0900 e. The Kier molecular flexibility index (Phi) is 4.08. The maximum Gasteiger partial charge on any atom is 0.0900 e. The lowest BCUT2D eigenvalue weighted by Crippen LogP contribution is -1.96. The highest BCUT2D eigenvalue weighted by molar-refractivity contribution is 7.12. The van der Waals surface area contributed by atoms with Crippen molar-refractivity contribution >= 4 is 34.5 Å². The first-order valence-electron chi connectivity index (χ1n) is 5.39. The molecule has 0 fully saturated rings. The first-order valence-corrected chi connectivity index (χ1v) is 7.02. The molecule has 0 aliphatic carbocycles. The van der Waals surface area contributed by atoms with E-state index in [1.165, 1.54) is 0 Å². The highest BCUT2D eigenvalue weighted by Gasteiger charge is 2.16. The highest BCUT2D eigenvalue weighted by atomic mass is 35.5. The fourth-order valence-corrected chi connectivity index (χ4v) is 3.36. The first-order chi connectivity index (χ1) is 8.08. The van der Waals surface area contributed by atoms with Crippen molar-refractivity contribution in [1.29, 1.82) is 0 Å². The number of aromatic nitrogens is 1. The van der Waals surface area contributed by atoms with E-state index in [2.05, 4.69) is 4.98 Å². The van der Waals surface area contributed by atoms with Gasteiger partial charge in [0.15, 0.2) is 0 Å². The lowest BCUT2D eigenvalue weighted by Gasteiger charge is -2.09. The Morgan fingerprint density at radius 1 is 1.29 bits per heavy atom. The average molecular weight is 286 g/mol. The third-order valence-corrected chi connectivity index (χ3v) is 4.64. The maximum absolute atomic E-state index is 6.44. The zero-order chi connectivity index (χ0) is 12.4. The van der Waals surface area contributed by atoms with Crippen LogP contribution in [0.3, 0.4) is 0 Å². The van der Waals surface area contributed by atoms with Gasteiger partial charge < -0.3 is 0 Å². The number of alkyl halides is 1. The van der Waals surface area contributed by atoms with Gasteiger partial charge in [0.1, 0.15) is 0 Å². The zero-order valence-electron chi connectivity index (χ0n) is 9.71. The topological polar surface area (TPSA) is 12.9 Å². The second kappa shape index (κ2) is 5.38. The molecule has 0 aliphatic heterocycles. The molecule has 4 heteroatoms. The molecule has 0 amide bonds.